The molecule has 0 aromatic heterocycles. The lowest BCUT2D eigenvalue weighted by Gasteiger charge is -2.46. The van der Waals surface area contributed by atoms with E-state index in [1.54, 1.807) is 0 Å². The van der Waals surface area contributed by atoms with Gasteiger partial charge in [-0.15, -0.1) is 24.8 Å². The van der Waals surface area contributed by atoms with Crippen molar-refractivity contribution in [2.24, 2.45) is 5.92 Å². The molecule has 1 aromatic carbocycles. The molecule has 0 heterocycles. The van der Waals surface area contributed by atoms with E-state index in [0.29, 0.717) is 12.5 Å². The van der Waals surface area contributed by atoms with Gasteiger partial charge < -0.3 is 10.4 Å². The molecule has 1 fully saturated rings. The largest absolute Gasteiger partial charge is 0.481 e. The van der Waals surface area contributed by atoms with Crippen LogP contribution in [0.25, 0.3) is 0 Å². The van der Waals surface area contributed by atoms with Gasteiger partial charge in [-0.25, -0.2) is 0 Å². The van der Waals surface area contributed by atoms with Crippen LogP contribution in [0.4, 0.5) is 0 Å². The highest BCUT2D eigenvalue weighted by atomic mass is 35.5. The van der Waals surface area contributed by atoms with E-state index in [1.165, 1.54) is 5.56 Å². The van der Waals surface area contributed by atoms with E-state index in [2.05, 4.69) is 24.4 Å². The van der Waals surface area contributed by atoms with Crippen molar-refractivity contribution in [1.82, 2.24) is 5.32 Å². The Morgan fingerprint density at radius 2 is 1.91 bits per heavy atom. The minimum atomic E-state index is -1.04. The second-order valence-corrected chi connectivity index (χ2v) is 6.18. The second kappa shape index (κ2) is 10.2. The zero-order valence-corrected chi connectivity index (χ0v) is 15.2. The molecule has 0 bridgehead atoms. The molecule has 0 aliphatic heterocycles. The number of hydrogen-bond acceptors (Lipinski definition) is 2. The fraction of sp³-hybridized carbons (Fsp3) is 0.588. The quantitative estimate of drug-likeness (QED) is 0.691. The highest BCUT2D eigenvalue weighted by Crippen LogP contribution is 2.48. The van der Waals surface area contributed by atoms with Gasteiger partial charge in [0.1, 0.15) is 0 Å². The highest BCUT2D eigenvalue weighted by Gasteiger charge is 2.46. The van der Waals surface area contributed by atoms with Crippen LogP contribution < -0.4 is 5.32 Å². The van der Waals surface area contributed by atoms with E-state index in [9.17, 15) is 9.90 Å². The summed E-state index contributed by atoms with van der Waals surface area (Å²) in [6.07, 6.45) is 4.16. The molecule has 23 heavy (non-hydrogen) atoms. The molecule has 3 nitrogen and oxygen atoms in total. The highest BCUT2D eigenvalue weighted by molar-refractivity contribution is 6.27. The van der Waals surface area contributed by atoms with Crippen LogP contribution in [0.3, 0.4) is 0 Å². The molecule has 2 radical (unpaired) electrons. The average molecular weight is 358 g/mol. The third-order valence-electron chi connectivity index (χ3n) is 4.65. The normalized spacial score (nSPS) is 22.0. The molecule has 1 aromatic rings. The predicted octanol–water partition coefficient (Wildman–Crippen LogP) is 4.00. The van der Waals surface area contributed by atoms with Crippen molar-refractivity contribution in [2.75, 3.05) is 0 Å². The van der Waals surface area contributed by atoms with Crippen LogP contribution in [0.5, 0.6) is 0 Å². The molecule has 1 aliphatic carbocycles. The summed E-state index contributed by atoms with van der Waals surface area (Å²) in [7, 11) is 6.17. The number of halogens is 2. The van der Waals surface area contributed by atoms with Gasteiger partial charge in [0.2, 0.25) is 0 Å². The maximum absolute atomic E-state index is 11.5. The van der Waals surface area contributed by atoms with E-state index < -0.39 is 11.3 Å². The van der Waals surface area contributed by atoms with E-state index >= 15 is 0 Å². The van der Waals surface area contributed by atoms with E-state index in [4.69, 9.17) is 7.85 Å². The summed E-state index contributed by atoms with van der Waals surface area (Å²) in [5, 5.41) is 11.9. The van der Waals surface area contributed by atoms with Gasteiger partial charge in [-0.3, -0.25) is 4.79 Å². The summed E-state index contributed by atoms with van der Waals surface area (Å²) in [6, 6.07) is 10.6. The lowest BCUT2D eigenvalue weighted by molar-refractivity contribution is -0.144. The molecule has 0 saturated heterocycles. The SMILES string of the molecule is Cl.Cl.[B]C(CCCC)(C(=O)O)C1CC(NCc2ccccc2)C1. The van der Waals surface area contributed by atoms with E-state index in [0.717, 1.165) is 32.2 Å². The van der Waals surface area contributed by atoms with Crippen molar-refractivity contribution >= 4 is 38.6 Å². The first-order valence-corrected chi connectivity index (χ1v) is 7.86. The third kappa shape index (κ3) is 5.70. The molecule has 0 amide bonds. The summed E-state index contributed by atoms with van der Waals surface area (Å²) in [4.78, 5) is 11.5. The van der Waals surface area contributed by atoms with Gasteiger partial charge in [-0.2, -0.15) is 0 Å². The van der Waals surface area contributed by atoms with Crippen molar-refractivity contribution < 1.29 is 9.90 Å². The number of carboxylic acid groups (broad SMARTS) is 1. The Labute approximate surface area is 152 Å². The summed E-state index contributed by atoms with van der Waals surface area (Å²) >= 11 is 0. The first-order valence-electron chi connectivity index (χ1n) is 7.86. The smallest absolute Gasteiger partial charge is 0.300 e. The second-order valence-electron chi connectivity index (χ2n) is 6.18. The lowest BCUT2D eigenvalue weighted by Crippen LogP contribution is -2.48. The average Bonchev–Trinajstić information content (AvgIpc) is 2.44. The van der Waals surface area contributed by atoms with Crippen molar-refractivity contribution in [3.63, 3.8) is 0 Å². The Kier molecular flexibility index (Phi) is 9.91. The summed E-state index contributed by atoms with van der Waals surface area (Å²) in [5.74, 6) is -0.753. The number of benzene rings is 1. The van der Waals surface area contributed by atoms with E-state index in [1.807, 2.05) is 18.2 Å². The standard InChI is InChI=1S/C17H24BNO2.2ClH/c1-2-3-9-17(18,16(20)21)14-10-15(11-14)19-12-13-7-5-4-6-8-13;;/h4-8,14-15,19H,2-3,9-12H2,1H3,(H,20,21);2*1H. The maximum Gasteiger partial charge on any atom is 0.300 e. The van der Waals surface area contributed by atoms with Gasteiger partial charge >= 0.3 is 5.97 Å². The molecule has 2 N–H and O–H groups in total. The first kappa shape index (κ1) is 22.3. The molecule has 1 unspecified atom stereocenters. The number of carboxylic acids is 1. The van der Waals surface area contributed by atoms with Crippen LogP contribution in [0.15, 0.2) is 30.3 Å². The zero-order valence-electron chi connectivity index (χ0n) is 13.5. The summed E-state index contributed by atoms with van der Waals surface area (Å²) in [5.41, 5.74) is 1.25. The number of rotatable bonds is 8. The van der Waals surface area contributed by atoms with Crippen molar-refractivity contribution in [3.05, 3.63) is 35.9 Å². The van der Waals surface area contributed by atoms with Gasteiger partial charge in [0.25, 0.3) is 0 Å². The summed E-state index contributed by atoms with van der Waals surface area (Å²) in [6.45, 7) is 2.89. The fourth-order valence-electron chi connectivity index (χ4n) is 3.02. The molecule has 128 valence electrons. The number of nitrogens with one attached hydrogen (secondary N) is 1. The molecule has 0 spiro atoms. The van der Waals surface area contributed by atoms with Gasteiger partial charge in [0, 0.05) is 17.9 Å². The first-order chi connectivity index (χ1) is 10.1. The van der Waals surface area contributed by atoms with Crippen LogP contribution in [0.2, 0.25) is 5.31 Å². The maximum atomic E-state index is 11.5. The zero-order chi connectivity index (χ0) is 15.3. The number of carbonyl (C=O) groups is 1. The minimum absolute atomic E-state index is 0. The molecular formula is C17H26BCl2NO2. The van der Waals surface area contributed by atoms with Gasteiger partial charge in [-0.1, -0.05) is 50.1 Å². The molecular weight excluding hydrogens is 332 g/mol. The molecule has 2 rings (SSSR count). The third-order valence-corrected chi connectivity index (χ3v) is 4.65. The Morgan fingerprint density at radius 3 is 2.43 bits per heavy atom. The minimum Gasteiger partial charge on any atom is -0.481 e. The molecule has 1 saturated carbocycles. The van der Waals surface area contributed by atoms with Crippen LogP contribution >= 0.6 is 24.8 Å². The Balaban J connectivity index is 0.00000242. The Bertz CT molecular complexity index is 469. The monoisotopic (exact) mass is 357 g/mol. The molecule has 1 aliphatic rings. The van der Waals surface area contributed by atoms with Gasteiger partial charge in [0.05, 0.1) is 7.85 Å². The van der Waals surface area contributed by atoms with Crippen molar-refractivity contribution in [2.45, 2.75) is 56.9 Å². The van der Waals surface area contributed by atoms with E-state index in [-0.39, 0.29) is 30.7 Å². The molecule has 6 heteroatoms. The Morgan fingerprint density at radius 1 is 1.30 bits per heavy atom. The van der Waals surface area contributed by atoms with Crippen molar-refractivity contribution in [3.8, 4) is 0 Å². The van der Waals surface area contributed by atoms with Crippen molar-refractivity contribution in [1.29, 1.82) is 0 Å². The topological polar surface area (TPSA) is 49.3 Å². The van der Waals surface area contributed by atoms with Crippen LogP contribution in [0.1, 0.15) is 44.6 Å². The van der Waals surface area contributed by atoms with Crippen LogP contribution in [0, 0.1) is 5.92 Å². The fourth-order valence-corrected chi connectivity index (χ4v) is 3.02. The van der Waals surface area contributed by atoms with Crippen LogP contribution in [-0.2, 0) is 11.3 Å². The summed E-state index contributed by atoms with van der Waals surface area (Å²) < 4.78 is 0. The number of hydrogen-bond donors (Lipinski definition) is 2. The predicted molar refractivity (Wildman–Crippen MR) is 99.9 cm³/mol. The Hall–Kier alpha value is -0.705. The lowest BCUT2D eigenvalue weighted by atomic mass is 9.51. The van der Waals surface area contributed by atoms with Gasteiger partial charge in [-0.05, 0) is 30.7 Å². The number of unbranched alkanes of at least 4 members (excludes halogenated alkanes) is 1. The number of aliphatic carboxylic acids is 1. The van der Waals surface area contributed by atoms with Gasteiger partial charge in [0.15, 0.2) is 0 Å². The van der Waals surface area contributed by atoms with Crippen LogP contribution in [-0.4, -0.2) is 25.0 Å². The molecule has 1 atom stereocenters.